The maximum atomic E-state index is 2.44. The van der Waals surface area contributed by atoms with Gasteiger partial charge in [0.05, 0.1) is 0 Å². The highest BCUT2D eigenvalue weighted by molar-refractivity contribution is 8.07. The Morgan fingerprint density at radius 1 is 1.08 bits per heavy atom. The molecule has 2 rings (SSSR count). The molecule has 0 bridgehead atoms. The minimum atomic E-state index is 0.991. The molecule has 2 heterocycles. The molecule has 0 aromatic rings. The predicted octanol–water partition coefficient (Wildman–Crippen LogP) is 3.80. The van der Waals surface area contributed by atoms with E-state index in [2.05, 4.69) is 30.4 Å². The number of hydrogen-bond donors (Lipinski definition) is 0. The van der Waals surface area contributed by atoms with Crippen molar-refractivity contribution in [1.29, 1.82) is 0 Å². The highest BCUT2D eigenvalue weighted by Gasteiger charge is 2.23. The normalized spacial score (nSPS) is 33.0. The second-order valence-electron chi connectivity index (χ2n) is 4.52. The van der Waals surface area contributed by atoms with Crippen LogP contribution in [0, 0.1) is 5.92 Å². The van der Waals surface area contributed by atoms with Crippen molar-refractivity contribution in [2.75, 3.05) is 11.5 Å². The van der Waals surface area contributed by atoms with E-state index in [0.717, 1.165) is 16.4 Å². The molecule has 0 amide bonds. The first kappa shape index (κ1) is 10.2. The summed E-state index contributed by atoms with van der Waals surface area (Å²) in [6.45, 7) is 2.44. The van der Waals surface area contributed by atoms with Crippen molar-refractivity contribution in [1.82, 2.24) is 0 Å². The average molecular weight is 216 g/mol. The molecule has 0 saturated carbocycles. The van der Waals surface area contributed by atoms with Crippen molar-refractivity contribution in [2.45, 2.75) is 49.5 Å². The third-order valence-electron chi connectivity index (χ3n) is 3.01. The second-order valence-corrected chi connectivity index (χ2v) is 7.19. The van der Waals surface area contributed by atoms with Crippen LogP contribution in [0.4, 0.5) is 0 Å². The molecular weight excluding hydrogens is 196 g/mol. The molecule has 0 N–H and O–H groups in total. The Labute approximate surface area is 90.6 Å². The first-order chi connectivity index (χ1) is 6.34. The van der Waals surface area contributed by atoms with Crippen molar-refractivity contribution >= 4 is 23.5 Å². The summed E-state index contributed by atoms with van der Waals surface area (Å²) in [5, 5.41) is 2.12. The van der Waals surface area contributed by atoms with Crippen LogP contribution in [0.2, 0.25) is 0 Å². The third-order valence-corrected chi connectivity index (χ3v) is 5.09. The number of thioether (sulfide) groups is 2. The zero-order valence-corrected chi connectivity index (χ0v) is 10.1. The van der Waals surface area contributed by atoms with Crippen LogP contribution in [0.15, 0.2) is 0 Å². The van der Waals surface area contributed by atoms with Gasteiger partial charge in [-0.2, -0.15) is 23.5 Å². The minimum absolute atomic E-state index is 0.991. The van der Waals surface area contributed by atoms with Crippen molar-refractivity contribution in [3.05, 3.63) is 0 Å². The molecule has 3 unspecified atom stereocenters. The lowest BCUT2D eigenvalue weighted by molar-refractivity contribution is 0.458. The monoisotopic (exact) mass is 216 g/mol. The standard InChI is InChI=1S/C11H20S2/c1-9(5-6-11-8-13-11)3-2-4-10-7-12-10/h9-11H,2-8H2,1H3. The van der Waals surface area contributed by atoms with Gasteiger partial charge in [0.25, 0.3) is 0 Å². The fourth-order valence-electron chi connectivity index (χ4n) is 1.78. The molecular formula is C11H20S2. The lowest BCUT2D eigenvalue weighted by atomic mass is 9.98. The van der Waals surface area contributed by atoms with Gasteiger partial charge in [0.1, 0.15) is 0 Å². The van der Waals surface area contributed by atoms with Crippen molar-refractivity contribution < 1.29 is 0 Å². The Morgan fingerprint density at radius 2 is 1.69 bits per heavy atom. The van der Waals surface area contributed by atoms with E-state index in [1.165, 1.54) is 43.6 Å². The molecule has 0 aromatic heterocycles. The molecule has 2 aliphatic heterocycles. The lowest BCUT2D eigenvalue weighted by Crippen LogP contribution is -1.98. The van der Waals surface area contributed by atoms with Crippen LogP contribution < -0.4 is 0 Å². The van der Waals surface area contributed by atoms with Crippen LogP contribution in [0.5, 0.6) is 0 Å². The molecule has 76 valence electrons. The van der Waals surface area contributed by atoms with Crippen molar-refractivity contribution in [2.24, 2.45) is 5.92 Å². The highest BCUT2D eigenvalue weighted by Crippen LogP contribution is 2.37. The fourth-order valence-corrected chi connectivity index (χ4v) is 3.02. The summed E-state index contributed by atoms with van der Waals surface area (Å²) < 4.78 is 0. The van der Waals surface area contributed by atoms with E-state index >= 15 is 0 Å². The molecule has 2 aliphatic rings. The van der Waals surface area contributed by atoms with Crippen LogP contribution in [0.3, 0.4) is 0 Å². The second kappa shape index (κ2) is 4.97. The molecule has 0 radical (unpaired) electrons. The summed E-state index contributed by atoms with van der Waals surface area (Å²) in [5.41, 5.74) is 0. The number of rotatable bonds is 7. The van der Waals surface area contributed by atoms with Gasteiger partial charge in [-0.25, -0.2) is 0 Å². The van der Waals surface area contributed by atoms with Crippen molar-refractivity contribution in [3.63, 3.8) is 0 Å². The van der Waals surface area contributed by atoms with Gasteiger partial charge < -0.3 is 0 Å². The quantitative estimate of drug-likeness (QED) is 0.594. The molecule has 0 aliphatic carbocycles. The fraction of sp³-hybridized carbons (Fsp3) is 1.00. The van der Waals surface area contributed by atoms with Gasteiger partial charge in [-0.1, -0.05) is 19.8 Å². The van der Waals surface area contributed by atoms with Gasteiger partial charge in [-0.05, 0) is 25.2 Å². The Morgan fingerprint density at radius 3 is 2.31 bits per heavy atom. The predicted molar refractivity (Wildman–Crippen MR) is 64.7 cm³/mol. The number of hydrogen-bond acceptors (Lipinski definition) is 2. The largest absolute Gasteiger partial charge is 0.157 e. The highest BCUT2D eigenvalue weighted by atomic mass is 32.2. The molecule has 3 atom stereocenters. The summed E-state index contributed by atoms with van der Waals surface area (Å²) in [6.07, 6.45) is 7.43. The molecule has 2 fully saturated rings. The molecule has 0 aromatic carbocycles. The average Bonchev–Trinajstić information content (AvgIpc) is 2.97. The zero-order chi connectivity index (χ0) is 9.10. The molecule has 2 saturated heterocycles. The van der Waals surface area contributed by atoms with E-state index in [0.29, 0.717) is 0 Å². The minimum Gasteiger partial charge on any atom is -0.157 e. The van der Waals surface area contributed by atoms with Crippen LogP contribution in [-0.2, 0) is 0 Å². The first-order valence-electron chi connectivity index (χ1n) is 5.58. The smallest absolute Gasteiger partial charge is 0.0138 e. The summed E-state index contributed by atoms with van der Waals surface area (Å²) in [4.78, 5) is 0. The Bertz CT molecular complexity index is 150. The Balaban J connectivity index is 1.42. The maximum Gasteiger partial charge on any atom is 0.0138 e. The van der Waals surface area contributed by atoms with Crippen LogP contribution in [-0.4, -0.2) is 22.0 Å². The SMILES string of the molecule is CC(CCCC1CS1)CCC1CS1. The Kier molecular flexibility index (Phi) is 3.91. The van der Waals surface area contributed by atoms with Gasteiger partial charge in [-0.15, -0.1) is 0 Å². The van der Waals surface area contributed by atoms with Gasteiger partial charge in [-0.3, -0.25) is 0 Å². The summed E-state index contributed by atoms with van der Waals surface area (Å²) in [6, 6.07) is 0. The summed E-state index contributed by atoms with van der Waals surface area (Å²) >= 11 is 4.29. The zero-order valence-electron chi connectivity index (χ0n) is 8.50. The van der Waals surface area contributed by atoms with Gasteiger partial charge in [0, 0.05) is 22.0 Å². The summed E-state index contributed by atoms with van der Waals surface area (Å²) in [5.74, 6) is 3.89. The summed E-state index contributed by atoms with van der Waals surface area (Å²) in [7, 11) is 0. The van der Waals surface area contributed by atoms with Crippen LogP contribution in [0.1, 0.15) is 39.0 Å². The van der Waals surface area contributed by atoms with Gasteiger partial charge in [0.2, 0.25) is 0 Å². The third kappa shape index (κ3) is 4.64. The van der Waals surface area contributed by atoms with E-state index in [1.54, 1.807) is 0 Å². The maximum absolute atomic E-state index is 2.44. The van der Waals surface area contributed by atoms with E-state index < -0.39 is 0 Å². The van der Waals surface area contributed by atoms with E-state index in [9.17, 15) is 0 Å². The van der Waals surface area contributed by atoms with E-state index in [1.807, 2.05) is 0 Å². The molecule has 13 heavy (non-hydrogen) atoms. The van der Waals surface area contributed by atoms with Crippen LogP contribution in [0.25, 0.3) is 0 Å². The lowest BCUT2D eigenvalue weighted by Gasteiger charge is -2.09. The molecule has 0 nitrogen and oxygen atoms in total. The van der Waals surface area contributed by atoms with Crippen LogP contribution >= 0.6 is 23.5 Å². The van der Waals surface area contributed by atoms with E-state index in [-0.39, 0.29) is 0 Å². The Hall–Kier alpha value is 0.700. The topological polar surface area (TPSA) is 0 Å². The molecule has 0 spiro atoms. The van der Waals surface area contributed by atoms with Crippen molar-refractivity contribution in [3.8, 4) is 0 Å². The van der Waals surface area contributed by atoms with Gasteiger partial charge >= 0.3 is 0 Å². The van der Waals surface area contributed by atoms with E-state index in [4.69, 9.17) is 0 Å². The first-order valence-corrected chi connectivity index (χ1v) is 7.67. The molecule has 2 heteroatoms. The van der Waals surface area contributed by atoms with Gasteiger partial charge in [0.15, 0.2) is 0 Å².